The van der Waals surface area contributed by atoms with Crippen LogP contribution in [0.4, 0.5) is 0 Å². The van der Waals surface area contributed by atoms with E-state index in [-0.39, 0.29) is 5.91 Å². The van der Waals surface area contributed by atoms with Crippen LogP contribution in [0, 0.1) is 0 Å². The molecule has 21 heavy (non-hydrogen) atoms. The Labute approximate surface area is 125 Å². The number of nitrogens with zero attached hydrogens (tertiary/aromatic N) is 1. The minimum Gasteiger partial charge on any atom is -0.479 e. The second-order valence-corrected chi connectivity index (χ2v) is 5.35. The first-order chi connectivity index (χ1) is 10.0. The molecule has 0 aromatic heterocycles. The van der Waals surface area contributed by atoms with Crippen LogP contribution in [0.15, 0.2) is 0 Å². The zero-order valence-corrected chi connectivity index (χ0v) is 12.8. The van der Waals surface area contributed by atoms with Gasteiger partial charge in [-0.2, -0.15) is 0 Å². The largest absolute Gasteiger partial charge is 0.479 e. The van der Waals surface area contributed by atoms with Crippen molar-refractivity contribution in [1.82, 2.24) is 4.90 Å². The second-order valence-electron chi connectivity index (χ2n) is 5.35. The molecule has 0 radical (unpaired) electrons. The Morgan fingerprint density at radius 2 is 2.05 bits per heavy atom. The number of unbranched alkanes of at least 4 members (excludes halogenated alkanes) is 3. The molecule has 1 heterocycles. The van der Waals surface area contributed by atoms with E-state index in [0.29, 0.717) is 25.8 Å². The summed E-state index contributed by atoms with van der Waals surface area (Å²) in [6, 6.07) is -0.625. The third-order valence-electron chi connectivity index (χ3n) is 3.79. The maximum atomic E-state index is 12.1. The lowest BCUT2D eigenvalue weighted by Gasteiger charge is -2.23. The molecule has 1 aliphatic heterocycles. The molecule has 2 atom stereocenters. The molecule has 1 amide bonds. The number of carbonyl (C=O) groups excluding carboxylic acids is 2. The summed E-state index contributed by atoms with van der Waals surface area (Å²) >= 11 is 0. The van der Waals surface area contributed by atoms with Gasteiger partial charge in [0.2, 0.25) is 5.91 Å². The van der Waals surface area contributed by atoms with Crippen molar-refractivity contribution in [2.45, 2.75) is 70.9 Å². The monoisotopic (exact) mass is 299 g/mol. The van der Waals surface area contributed by atoms with Gasteiger partial charge < -0.3 is 14.7 Å². The molecule has 0 aliphatic carbocycles. The Morgan fingerprint density at radius 1 is 1.33 bits per heavy atom. The van der Waals surface area contributed by atoms with Crippen LogP contribution in [0.5, 0.6) is 0 Å². The standard InChI is InChI=1S/C15H25NO5/c1-3-5-6-7-8-12(14(18)19)21-15(20)11-9-10-13(17)16(11)4-2/h11-12H,3-10H2,1-2H3,(H,18,19)/t11-,12?/m0/s1. The van der Waals surface area contributed by atoms with E-state index in [1.54, 1.807) is 6.92 Å². The average molecular weight is 299 g/mol. The average Bonchev–Trinajstić information content (AvgIpc) is 2.82. The number of carboxylic acids is 1. The molecule has 1 N–H and O–H groups in total. The number of rotatable bonds is 9. The summed E-state index contributed by atoms with van der Waals surface area (Å²) in [7, 11) is 0. The van der Waals surface area contributed by atoms with Gasteiger partial charge in [-0.1, -0.05) is 26.2 Å². The Kier molecular flexibility index (Phi) is 7.19. The molecule has 1 unspecified atom stereocenters. The van der Waals surface area contributed by atoms with Gasteiger partial charge >= 0.3 is 11.9 Å². The molecule has 1 saturated heterocycles. The van der Waals surface area contributed by atoms with Gasteiger partial charge in [0.15, 0.2) is 6.10 Å². The van der Waals surface area contributed by atoms with Crippen molar-refractivity contribution in [1.29, 1.82) is 0 Å². The van der Waals surface area contributed by atoms with Gasteiger partial charge in [0, 0.05) is 13.0 Å². The number of likely N-dealkylation sites (tertiary alicyclic amines) is 1. The van der Waals surface area contributed by atoms with Gasteiger partial charge in [-0.25, -0.2) is 9.59 Å². The minimum atomic E-state index is -1.12. The molecule has 1 rings (SSSR count). The van der Waals surface area contributed by atoms with Crippen molar-refractivity contribution in [3.63, 3.8) is 0 Å². The number of hydrogen-bond donors (Lipinski definition) is 1. The fourth-order valence-electron chi connectivity index (χ4n) is 2.58. The normalized spacial score (nSPS) is 19.6. The predicted molar refractivity (Wildman–Crippen MR) is 76.7 cm³/mol. The number of ether oxygens (including phenoxy) is 1. The summed E-state index contributed by atoms with van der Waals surface area (Å²) in [6.07, 6.45) is 3.71. The highest BCUT2D eigenvalue weighted by Crippen LogP contribution is 2.20. The highest BCUT2D eigenvalue weighted by atomic mass is 16.6. The van der Waals surface area contributed by atoms with E-state index >= 15 is 0 Å². The zero-order valence-electron chi connectivity index (χ0n) is 12.8. The molecule has 1 aliphatic rings. The fraction of sp³-hybridized carbons (Fsp3) is 0.800. The van der Waals surface area contributed by atoms with Crippen LogP contribution in [-0.4, -0.2) is 46.5 Å². The number of hydrogen-bond acceptors (Lipinski definition) is 4. The van der Waals surface area contributed by atoms with Crippen molar-refractivity contribution >= 4 is 17.8 Å². The molecule has 6 heteroatoms. The third kappa shape index (κ3) is 5.02. The highest BCUT2D eigenvalue weighted by Gasteiger charge is 2.37. The van der Waals surface area contributed by atoms with Gasteiger partial charge in [-0.05, 0) is 26.2 Å². The van der Waals surface area contributed by atoms with Crippen molar-refractivity contribution < 1.29 is 24.2 Å². The van der Waals surface area contributed by atoms with Gasteiger partial charge in [-0.15, -0.1) is 0 Å². The molecule has 0 spiro atoms. The summed E-state index contributed by atoms with van der Waals surface area (Å²) < 4.78 is 5.12. The van der Waals surface area contributed by atoms with Crippen LogP contribution in [0.3, 0.4) is 0 Å². The quantitative estimate of drug-likeness (QED) is 0.520. The van der Waals surface area contributed by atoms with Crippen molar-refractivity contribution in [3.05, 3.63) is 0 Å². The van der Waals surface area contributed by atoms with Gasteiger partial charge in [0.1, 0.15) is 6.04 Å². The van der Waals surface area contributed by atoms with E-state index in [2.05, 4.69) is 6.92 Å². The minimum absolute atomic E-state index is 0.0747. The second kappa shape index (κ2) is 8.64. The molecular weight excluding hydrogens is 274 g/mol. The van der Waals surface area contributed by atoms with Crippen LogP contribution in [0.1, 0.15) is 58.8 Å². The van der Waals surface area contributed by atoms with Gasteiger partial charge in [0.05, 0.1) is 0 Å². The highest BCUT2D eigenvalue weighted by molar-refractivity contribution is 5.89. The predicted octanol–water partition coefficient (Wildman–Crippen LogP) is 1.96. The first-order valence-corrected chi connectivity index (χ1v) is 7.74. The van der Waals surface area contributed by atoms with Crippen molar-refractivity contribution in [3.8, 4) is 0 Å². The molecule has 0 aromatic carbocycles. The van der Waals surface area contributed by atoms with E-state index in [9.17, 15) is 14.4 Å². The molecule has 0 aromatic rings. The van der Waals surface area contributed by atoms with Crippen LogP contribution >= 0.6 is 0 Å². The van der Waals surface area contributed by atoms with Crippen LogP contribution < -0.4 is 0 Å². The lowest BCUT2D eigenvalue weighted by molar-refractivity contribution is -0.168. The Morgan fingerprint density at radius 3 is 2.62 bits per heavy atom. The molecular formula is C15H25NO5. The lowest BCUT2D eigenvalue weighted by Crippen LogP contribution is -2.41. The Hall–Kier alpha value is -1.59. The number of esters is 1. The lowest BCUT2D eigenvalue weighted by atomic mass is 10.1. The van der Waals surface area contributed by atoms with E-state index in [4.69, 9.17) is 9.84 Å². The summed E-state index contributed by atoms with van der Waals surface area (Å²) in [4.78, 5) is 36.3. The molecule has 120 valence electrons. The third-order valence-corrected chi connectivity index (χ3v) is 3.79. The van der Waals surface area contributed by atoms with Crippen LogP contribution in [-0.2, 0) is 19.1 Å². The van der Waals surface area contributed by atoms with Crippen LogP contribution in [0.2, 0.25) is 0 Å². The summed E-state index contributed by atoms with van der Waals surface area (Å²) in [6.45, 7) is 4.31. The number of carboxylic acid groups (broad SMARTS) is 1. The van der Waals surface area contributed by atoms with Crippen molar-refractivity contribution in [2.24, 2.45) is 0 Å². The SMILES string of the molecule is CCCCCCC(OC(=O)[C@@H]1CCC(=O)N1CC)C(=O)O. The number of likely N-dealkylation sites (N-methyl/N-ethyl adjacent to an activating group) is 1. The topological polar surface area (TPSA) is 83.9 Å². The number of carbonyl (C=O) groups is 3. The maximum Gasteiger partial charge on any atom is 0.345 e. The Bertz CT molecular complexity index is 382. The van der Waals surface area contributed by atoms with E-state index in [1.807, 2.05) is 0 Å². The first kappa shape index (κ1) is 17.5. The van der Waals surface area contributed by atoms with Gasteiger partial charge in [-0.3, -0.25) is 4.79 Å². The van der Waals surface area contributed by atoms with E-state index in [0.717, 1.165) is 25.7 Å². The summed E-state index contributed by atoms with van der Waals surface area (Å²) in [5.74, 6) is -1.79. The smallest absolute Gasteiger partial charge is 0.345 e. The molecule has 1 fully saturated rings. The summed E-state index contributed by atoms with van der Waals surface area (Å²) in [5, 5.41) is 9.14. The van der Waals surface area contributed by atoms with Crippen LogP contribution in [0.25, 0.3) is 0 Å². The van der Waals surface area contributed by atoms with E-state index in [1.165, 1.54) is 4.90 Å². The molecule has 0 saturated carbocycles. The Balaban J connectivity index is 2.52. The maximum absolute atomic E-state index is 12.1. The number of aliphatic carboxylic acids is 1. The van der Waals surface area contributed by atoms with E-state index < -0.39 is 24.1 Å². The molecule has 6 nitrogen and oxygen atoms in total. The fourth-order valence-corrected chi connectivity index (χ4v) is 2.58. The van der Waals surface area contributed by atoms with Crippen molar-refractivity contribution in [2.75, 3.05) is 6.54 Å². The number of amides is 1. The molecule has 0 bridgehead atoms. The summed E-state index contributed by atoms with van der Waals surface area (Å²) in [5.41, 5.74) is 0. The van der Waals surface area contributed by atoms with Gasteiger partial charge in [0.25, 0.3) is 0 Å². The zero-order chi connectivity index (χ0) is 15.8. The first-order valence-electron chi connectivity index (χ1n) is 7.74.